The minimum atomic E-state index is -0.746. The molecule has 0 spiro atoms. The van der Waals surface area contributed by atoms with Crippen molar-refractivity contribution in [3.63, 3.8) is 0 Å². The van der Waals surface area contributed by atoms with E-state index in [0.717, 1.165) is 11.6 Å². The van der Waals surface area contributed by atoms with E-state index in [-0.39, 0.29) is 28.2 Å². The topological polar surface area (TPSA) is 144 Å². The van der Waals surface area contributed by atoms with Crippen LogP contribution in [-0.4, -0.2) is 48.4 Å². The van der Waals surface area contributed by atoms with Crippen LogP contribution < -0.4 is 31.7 Å². The Hall–Kier alpha value is -5.59. The van der Waals surface area contributed by atoms with E-state index in [0.29, 0.717) is 60.8 Å². The minimum Gasteiger partial charge on any atom is -0.493 e. The molecule has 3 aromatic carbocycles. The Labute approximate surface area is 281 Å². The highest BCUT2D eigenvalue weighted by atomic mass is 19.1. The summed E-state index contributed by atoms with van der Waals surface area (Å²) in [7, 11) is 3.07. The normalized spacial score (nSPS) is 13.9. The maximum absolute atomic E-state index is 15.7. The van der Waals surface area contributed by atoms with Crippen LogP contribution in [0, 0.1) is 11.6 Å². The molecule has 12 heteroatoms. The molecule has 2 aromatic heterocycles. The first-order valence-corrected chi connectivity index (χ1v) is 15.5. The number of carbonyl (C=O) groups excluding carboxylic acids is 1. The van der Waals surface area contributed by atoms with Crippen molar-refractivity contribution >= 4 is 17.4 Å². The molecule has 1 fully saturated rings. The van der Waals surface area contributed by atoms with Gasteiger partial charge in [-0.25, -0.2) is 13.8 Å². The van der Waals surface area contributed by atoms with Gasteiger partial charge in [-0.3, -0.25) is 9.59 Å². The second-order valence-corrected chi connectivity index (χ2v) is 11.9. The third-order valence-corrected chi connectivity index (χ3v) is 8.62. The molecule has 6 rings (SSSR count). The zero-order valence-corrected chi connectivity index (χ0v) is 27.0. The molecule has 5 N–H and O–H groups in total. The first kappa shape index (κ1) is 33.3. The Morgan fingerprint density at radius 1 is 0.898 bits per heavy atom. The number of nitrogens with one attached hydrogen (secondary N) is 1. The van der Waals surface area contributed by atoms with Gasteiger partial charge in [-0.2, -0.15) is 0 Å². The fourth-order valence-corrected chi connectivity index (χ4v) is 5.89. The van der Waals surface area contributed by atoms with Gasteiger partial charge in [0, 0.05) is 71.8 Å². The van der Waals surface area contributed by atoms with E-state index >= 15 is 4.39 Å². The SMILES string of the molecule is COc1ccc(-c2cnc(N)c(-c3ccc(NC(=O)c4cn(CC5(N)CCOCC5)cc(-c5ccc(F)cc5)c4=O)cc3F)c2)cc1OC. The van der Waals surface area contributed by atoms with Crippen LogP contribution in [0.2, 0.25) is 0 Å². The third kappa shape index (κ3) is 7.15. The van der Waals surface area contributed by atoms with Gasteiger partial charge in [0.2, 0.25) is 5.43 Å². The van der Waals surface area contributed by atoms with Crippen molar-refractivity contribution in [2.75, 3.05) is 38.5 Å². The number of nitrogens with zero attached hydrogens (tertiary/aromatic N) is 2. The van der Waals surface area contributed by atoms with Gasteiger partial charge >= 0.3 is 0 Å². The molecule has 1 aliphatic heterocycles. The molecular weight excluding hydrogens is 632 g/mol. The maximum atomic E-state index is 15.7. The number of amides is 1. The molecule has 1 saturated heterocycles. The number of aromatic nitrogens is 2. The van der Waals surface area contributed by atoms with Crippen molar-refractivity contribution < 1.29 is 27.8 Å². The van der Waals surface area contributed by atoms with Crippen molar-refractivity contribution in [1.82, 2.24) is 9.55 Å². The Balaban J connectivity index is 1.30. The maximum Gasteiger partial charge on any atom is 0.261 e. The van der Waals surface area contributed by atoms with Crippen LogP contribution in [-0.2, 0) is 11.3 Å². The zero-order valence-electron chi connectivity index (χ0n) is 27.0. The summed E-state index contributed by atoms with van der Waals surface area (Å²) >= 11 is 0. The molecule has 0 atom stereocenters. The average Bonchev–Trinajstić information content (AvgIpc) is 3.09. The predicted octanol–water partition coefficient (Wildman–Crippen LogP) is 5.88. The molecule has 0 saturated carbocycles. The Kier molecular flexibility index (Phi) is 9.43. The summed E-state index contributed by atoms with van der Waals surface area (Å²) < 4.78 is 47.3. The number of pyridine rings is 2. The van der Waals surface area contributed by atoms with Gasteiger partial charge in [-0.1, -0.05) is 18.2 Å². The largest absolute Gasteiger partial charge is 0.493 e. The van der Waals surface area contributed by atoms with E-state index in [9.17, 15) is 14.0 Å². The highest BCUT2D eigenvalue weighted by Gasteiger charge is 2.29. The predicted molar refractivity (Wildman–Crippen MR) is 184 cm³/mol. The number of nitrogens with two attached hydrogens (primary N) is 2. The second kappa shape index (κ2) is 13.9. The smallest absolute Gasteiger partial charge is 0.261 e. The van der Waals surface area contributed by atoms with Gasteiger partial charge in [-0.15, -0.1) is 0 Å². The summed E-state index contributed by atoms with van der Waals surface area (Å²) in [6.07, 6.45) is 5.81. The molecule has 1 amide bonds. The Morgan fingerprint density at radius 3 is 2.31 bits per heavy atom. The lowest BCUT2D eigenvalue weighted by Gasteiger charge is -2.34. The quantitative estimate of drug-likeness (QED) is 0.177. The van der Waals surface area contributed by atoms with Crippen LogP contribution in [0.1, 0.15) is 23.2 Å². The van der Waals surface area contributed by atoms with Gasteiger partial charge in [0.25, 0.3) is 5.91 Å². The Bertz CT molecular complexity index is 2080. The molecule has 252 valence electrons. The van der Waals surface area contributed by atoms with Crippen molar-refractivity contribution in [2.45, 2.75) is 24.9 Å². The standard InChI is InChI=1S/C37H35F2N5O5/c1-47-32-10-5-23(16-33(32)48-2)24-15-28(35(40)42-18-24)27-9-8-26(17-31(27)39)43-36(46)30-20-44(21-37(41)11-13-49-14-12-37)19-29(34(30)45)22-3-6-25(38)7-4-22/h3-10,15-20H,11-14,21,41H2,1-2H3,(H2,40,42)(H,43,46). The van der Waals surface area contributed by atoms with Gasteiger partial charge in [0.05, 0.1) is 14.2 Å². The summed E-state index contributed by atoms with van der Waals surface area (Å²) in [6.45, 7) is 1.31. The summed E-state index contributed by atoms with van der Waals surface area (Å²) in [5, 5.41) is 2.65. The second-order valence-electron chi connectivity index (χ2n) is 11.9. The highest BCUT2D eigenvalue weighted by Crippen LogP contribution is 2.36. The average molecular weight is 668 g/mol. The summed E-state index contributed by atoms with van der Waals surface area (Å²) in [5.74, 6) is -0.688. The number of hydrogen-bond donors (Lipinski definition) is 3. The molecule has 3 heterocycles. The van der Waals surface area contributed by atoms with Crippen LogP contribution in [0.15, 0.2) is 90.1 Å². The third-order valence-electron chi connectivity index (χ3n) is 8.62. The fourth-order valence-electron chi connectivity index (χ4n) is 5.89. The van der Waals surface area contributed by atoms with E-state index in [4.69, 9.17) is 25.7 Å². The summed E-state index contributed by atoms with van der Waals surface area (Å²) in [4.78, 5) is 31.5. The van der Waals surface area contributed by atoms with Crippen LogP contribution in [0.5, 0.6) is 11.5 Å². The number of hydrogen-bond acceptors (Lipinski definition) is 8. The van der Waals surface area contributed by atoms with Crippen LogP contribution in [0.4, 0.5) is 20.3 Å². The molecule has 49 heavy (non-hydrogen) atoms. The van der Waals surface area contributed by atoms with Crippen molar-refractivity contribution in [3.05, 3.63) is 113 Å². The van der Waals surface area contributed by atoms with Crippen LogP contribution in [0.3, 0.4) is 0 Å². The molecule has 0 radical (unpaired) electrons. The van der Waals surface area contributed by atoms with Crippen molar-refractivity contribution in [2.24, 2.45) is 5.73 Å². The Morgan fingerprint density at radius 2 is 1.61 bits per heavy atom. The lowest BCUT2D eigenvalue weighted by atomic mass is 9.91. The van der Waals surface area contributed by atoms with E-state index in [1.165, 1.54) is 49.7 Å². The molecule has 1 aliphatic rings. The number of nitrogen functional groups attached to an aromatic ring is 1. The molecular formula is C37H35F2N5O5. The van der Waals surface area contributed by atoms with Gasteiger partial charge in [0.1, 0.15) is 23.0 Å². The number of rotatable bonds is 9. The van der Waals surface area contributed by atoms with Crippen molar-refractivity contribution in [3.8, 4) is 44.9 Å². The monoisotopic (exact) mass is 667 g/mol. The molecule has 0 aliphatic carbocycles. The number of ether oxygens (including phenoxy) is 3. The van der Waals surface area contributed by atoms with E-state index in [2.05, 4.69) is 10.3 Å². The lowest BCUT2D eigenvalue weighted by Crippen LogP contribution is -2.48. The molecule has 10 nitrogen and oxygen atoms in total. The number of halogens is 2. The fraction of sp³-hybridized carbons (Fsp3) is 0.216. The van der Waals surface area contributed by atoms with E-state index in [1.807, 2.05) is 6.07 Å². The molecule has 5 aromatic rings. The van der Waals surface area contributed by atoms with Gasteiger partial charge < -0.3 is 35.6 Å². The molecule has 0 unspecified atom stereocenters. The van der Waals surface area contributed by atoms with Gasteiger partial charge in [-0.05, 0) is 72.5 Å². The highest BCUT2D eigenvalue weighted by molar-refractivity contribution is 6.04. The number of benzene rings is 3. The first-order valence-electron chi connectivity index (χ1n) is 15.5. The van der Waals surface area contributed by atoms with Crippen molar-refractivity contribution in [1.29, 1.82) is 0 Å². The lowest BCUT2D eigenvalue weighted by molar-refractivity contribution is 0.0470. The summed E-state index contributed by atoms with van der Waals surface area (Å²) in [6, 6.07) is 16.6. The van der Waals surface area contributed by atoms with E-state index < -0.39 is 28.5 Å². The number of carbonyl (C=O) groups is 1. The van der Waals surface area contributed by atoms with Crippen LogP contribution >= 0.6 is 0 Å². The zero-order chi connectivity index (χ0) is 34.7. The minimum absolute atomic E-state index is 0.111. The first-order chi connectivity index (χ1) is 23.6. The molecule has 0 bridgehead atoms. The van der Waals surface area contributed by atoms with Gasteiger partial charge in [0.15, 0.2) is 11.5 Å². The summed E-state index contributed by atoms with van der Waals surface area (Å²) in [5.41, 5.74) is 14.1. The van der Waals surface area contributed by atoms with Crippen LogP contribution in [0.25, 0.3) is 33.4 Å². The number of anilines is 2. The number of methoxy groups -OCH3 is 2. The van der Waals surface area contributed by atoms with E-state index in [1.54, 1.807) is 42.3 Å².